The van der Waals surface area contributed by atoms with Crippen molar-refractivity contribution in [1.29, 1.82) is 0 Å². The molecule has 0 aromatic heterocycles. The molecular formula is C26H42NNaO8S. The maximum atomic E-state index is 10.9. The molecule has 0 aliphatic heterocycles. The minimum atomic E-state index is -4.95. The minimum Gasteiger partial charge on any atom is -0.521 e. The number of carbonyl (C=O) groups excluding carboxylic acids is 1. The Hall–Kier alpha value is -1.46. The fraction of sp³-hybridized carbons (Fsp3) is 0.654. The SMILES string of the molecule is CCCCCCCCCCCCCCCCCC(N)=O.O=C(O)c1[c-]ccc(C(=O)O)c1S(=O)(=O)O.[Na+]. The number of carbonyl (C=O) groups is 3. The molecule has 9 nitrogen and oxygen atoms in total. The second-order valence-electron chi connectivity index (χ2n) is 8.85. The summed E-state index contributed by atoms with van der Waals surface area (Å²) in [5, 5.41) is 17.3. The number of carboxylic acid groups (broad SMARTS) is 2. The van der Waals surface area contributed by atoms with Crippen molar-refractivity contribution in [2.24, 2.45) is 5.73 Å². The first-order valence-electron chi connectivity index (χ1n) is 12.8. The van der Waals surface area contributed by atoms with E-state index in [0.717, 1.165) is 18.6 Å². The number of hydrogen-bond acceptors (Lipinski definition) is 5. The van der Waals surface area contributed by atoms with Crippen molar-refractivity contribution in [3.8, 4) is 0 Å². The fourth-order valence-electron chi connectivity index (χ4n) is 3.75. The van der Waals surface area contributed by atoms with E-state index in [4.69, 9.17) is 20.5 Å². The van der Waals surface area contributed by atoms with E-state index >= 15 is 0 Å². The monoisotopic (exact) mass is 551 g/mol. The Bertz CT molecular complexity index is 874. The van der Waals surface area contributed by atoms with E-state index in [1.807, 2.05) is 6.07 Å². The van der Waals surface area contributed by atoms with E-state index in [0.29, 0.717) is 6.42 Å². The van der Waals surface area contributed by atoms with Crippen LogP contribution in [0, 0.1) is 6.07 Å². The maximum Gasteiger partial charge on any atom is 1.00 e. The zero-order chi connectivity index (χ0) is 27.4. The van der Waals surface area contributed by atoms with E-state index in [2.05, 4.69) is 6.92 Å². The molecule has 0 atom stereocenters. The molecule has 1 aromatic carbocycles. The minimum absolute atomic E-state index is 0. The quantitative estimate of drug-likeness (QED) is 0.0879. The summed E-state index contributed by atoms with van der Waals surface area (Å²) in [6, 6.07) is 3.81. The molecule has 1 aromatic rings. The number of nitrogens with two attached hydrogens (primary N) is 1. The second kappa shape index (κ2) is 22.5. The Balaban J connectivity index is 0. The van der Waals surface area contributed by atoms with Crippen molar-refractivity contribution in [2.45, 2.75) is 115 Å². The van der Waals surface area contributed by atoms with Gasteiger partial charge in [-0.3, -0.25) is 9.35 Å². The van der Waals surface area contributed by atoms with Gasteiger partial charge in [0.1, 0.15) is 0 Å². The van der Waals surface area contributed by atoms with Crippen molar-refractivity contribution in [3.05, 3.63) is 29.3 Å². The Morgan fingerprint density at radius 1 is 0.784 bits per heavy atom. The third-order valence-electron chi connectivity index (χ3n) is 5.68. The number of benzene rings is 1. The molecular weight excluding hydrogens is 509 g/mol. The Kier molecular flexibility index (Phi) is 22.9. The molecule has 37 heavy (non-hydrogen) atoms. The molecule has 11 heteroatoms. The van der Waals surface area contributed by atoms with Crippen LogP contribution < -0.4 is 35.3 Å². The van der Waals surface area contributed by atoms with Crippen LogP contribution >= 0.6 is 0 Å². The first kappa shape index (κ1) is 37.7. The number of amides is 1. The van der Waals surface area contributed by atoms with Gasteiger partial charge in [-0.2, -0.15) is 0 Å². The van der Waals surface area contributed by atoms with Gasteiger partial charge in [0.05, 0.1) is 0 Å². The molecule has 206 valence electrons. The van der Waals surface area contributed by atoms with E-state index in [-0.39, 0.29) is 35.5 Å². The first-order valence-corrected chi connectivity index (χ1v) is 14.2. The predicted octanol–water partition coefficient (Wildman–Crippen LogP) is 2.87. The summed E-state index contributed by atoms with van der Waals surface area (Å²) in [7, 11) is -4.95. The summed E-state index contributed by atoms with van der Waals surface area (Å²) in [5.41, 5.74) is 3.37. The van der Waals surface area contributed by atoms with Crippen LogP contribution in [0.2, 0.25) is 0 Å². The molecule has 0 aliphatic carbocycles. The van der Waals surface area contributed by atoms with Gasteiger partial charge in [0.2, 0.25) is 11.9 Å². The zero-order valence-electron chi connectivity index (χ0n) is 22.3. The molecule has 0 saturated carbocycles. The molecule has 0 radical (unpaired) electrons. The number of unbranched alkanes of at least 4 members (excludes halogenated alkanes) is 14. The molecule has 0 unspecified atom stereocenters. The van der Waals surface area contributed by atoms with Crippen molar-refractivity contribution < 1.29 is 67.1 Å². The molecule has 0 aliphatic rings. The average molecular weight is 552 g/mol. The van der Waals surface area contributed by atoms with Gasteiger partial charge >= 0.3 is 35.5 Å². The average Bonchev–Trinajstić information content (AvgIpc) is 2.80. The summed E-state index contributed by atoms with van der Waals surface area (Å²) in [5.74, 6) is -3.51. The summed E-state index contributed by atoms with van der Waals surface area (Å²) in [4.78, 5) is 30.7. The van der Waals surface area contributed by atoms with Crippen LogP contribution in [0.25, 0.3) is 0 Å². The van der Waals surface area contributed by atoms with Crippen molar-refractivity contribution in [1.82, 2.24) is 0 Å². The van der Waals surface area contributed by atoms with Crippen LogP contribution in [0.15, 0.2) is 17.0 Å². The summed E-state index contributed by atoms with van der Waals surface area (Å²) < 4.78 is 30.6. The predicted molar refractivity (Wildman–Crippen MR) is 138 cm³/mol. The topological polar surface area (TPSA) is 172 Å². The van der Waals surface area contributed by atoms with Gasteiger partial charge in [0.25, 0.3) is 10.1 Å². The van der Waals surface area contributed by atoms with Gasteiger partial charge in [-0.05, 0) is 17.5 Å². The summed E-state index contributed by atoms with van der Waals surface area (Å²) in [6.07, 6.45) is 20.9. The third kappa shape index (κ3) is 19.3. The van der Waals surface area contributed by atoms with Crippen LogP contribution in [-0.4, -0.2) is 41.0 Å². The van der Waals surface area contributed by atoms with E-state index in [1.165, 1.54) is 89.9 Å². The Labute approximate surface area is 243 Å². The van der Waals surface area contributed by atoms with Gasteiger partial charge in [0, 0.05) is 11.3 Å². The number of rotatable bonds is 19. The van der Waals surface area contributed by atoms with E-state index in [1.54, 1.807) is 0 Å². The van der Waals surface area contributed by atoms with Gasteiger partial charge in [-0.15, -0.1) is 18.2 Å². The number of aromatic carboxylic acids is 2. The number of primary amides is 1. The Morgan fingerprint density at radius 3 is 1.51 bits per heavy atom. The number of carboxylic acids is 2. The van der Waals surface area contributed by atoms with E-state index in [9.17, 15) is 22.8 Å². The molecule has 0 heterocycles. The molecule has 0 fully saturated rings. The molecule has 5 N–H and O–H groups in total. The molecule has 0 bridgehead atoms. The second-order valence-corrected chi connectivity index (χ2v) is 10.2. The molecule has 1 rings (SSSR count). The maximum absolute atomic E-state index is 10.9. The number of hydrogen-bond donors (Lipinski definition) is 4. The standard InChI is InChI=1S/C18H37NO.C8H5O7S.Na/c1-2-3-4-5-6-7-8-9-10-11-12-13-14-15-16-17-18(19)20;9-7(10)4-2-1-3-5(8(11)12)6(4)16(13,14)15;/h2-17H2,1H3,(H2,19,20);1-2H,(H,9,10)(H,11,12)(H,13,14,15);/q;-1;+1. The van der Waals surface area contributed by atoms with Crippen molar-refractivity contribution in [2.75, 3.05) is 0 Å². The molecule has 0 saturated heterocycles. The van der Waals surface area contributed by atoms with Crippen molar-refractivity contribution in [3.63, 3.8) is 0 Å². The molecule has 1 amide bonds. The first-order chi connectivity index (χ1) is 17.0. The van der Waals surface area contributed by atoms with Crippen LogP contribution in [0.4, 0.5) is 0 Å². The van der Waals surface area contributed by atoms with Gasteiger partial charge < -0.3 is 20.7 Å². The smallest absolute Gasteiger partial charge is 0.521 e. The van der Waals surface area contributed by atoms with Crippen LogP contribution in [0.3, 0.4) is 0 Å². The largest absolute Gasteiger partial charge is 1.00 e. The van der Waals surface area contributed by atoms with Gasteiger partial charge in [-0.1, -0.05) is 96.8 Å². The normalized spacial score (nSPS) is 10.6. The summed E-state index contributed by atoms with van der Waals surface area (Å²) in [6.45, 7) is 2.28. The Morgan fingerprint density at radius 2 is 1.19 bits per heavy atom. The van der Waals surface area contributed by atoms with Gasteiger partial charge in [0.15, 0.2) is 0 Å². The van der Waals surface area contributed by atoms with Crippen LogP contribution in [0.5, 0.6) is 0 Å². The zero-order valence-corrected chi connectivity index (χ0v) is 25.2. The van der Waals surface area contributed by atoms with E-state index < -0.39 is 38.1 Å². The fourth-order valence-corrected chi connectivity index (χ4v) is 4.59. The summed E-state index contributed by atoms with van der Waals surface area (Å²) >= 11 is 0. The van der Waals surface area contributed by atoms with Crippen LogP contribution in [-0.2, 0) is 14.9 Å². The molecule has 0 spiro atoms. The van der Waals surface area contributed by atoms with Crippen LogP contribution in [0.1, 0.15) is 130 Å². The third-order valence-corrected chi connectivity index (χ3v) is 6.62. The van der Waals surface area contributed by atoms with Crippen molar-refractivity contribution >= 4 is 28.0 Å². The van der Waals surface area contributed by atoms with Gasteiger partial charge in [-0.25, -0.2) is 13.2 Å².